The van der Waals surface area contributed by atoms with E-state index in [-0.39, 0.29) is 16.7 Å². The predicted octanol–water partition coefficient (Wildman–Crippen LogP) is 13.5. The van der Waals surface area contributed by atoms with Crippen LogP contribution in [0.2, 0.25) is 0 Å². The summed E-state index contributed by atoms with van der Waals surface area (Å²) in [7, 11) is 0. The highest BCUT2D eigenvalue weighted by molar-refractivity contribution is 5.98. The first-order valence-electron chi connectivity index (χ1n) is 17.5. The average Bonchev–Trinajstić information content (AvgIpc) is 2.65. The number of carbonyl (C=O) groups excluding carboxylic acids is 1. The van der Waals surface area contributed by atoms with E-state index in [0.717, 1.165) is 29.7 Å². The zero-order valence-corrected chi connectivity index (χ0v) is 33.1. The monoisotopic (exact) mass is 597 g/mol. The SMILES string of the molecule is CC1=C(C(C)(C)C)C(C)(C)CC(C)C1.CC1=C(C(C)(C)C)C(C)(C)CC(C)C1=O.CC1=CC(C)CC(C)(C)C1C(C)(C)C. The molecule has 0 fully saturated rings. The maximum absolute atomic E-state index is 12.0. The van der Waals surface area contributed by atoms with Crippen molar-refractivity contribution >= 4 is 5.78 Å². The number of hydrogen-bond acceptors (Lipinski definition) is 1. The van der Waals surface area contributed by atoms with E-state index in [1.165, 1.54) is 24.8 Å². The van der Waals surface area contributed by atoms with E-state index in [4.69, 9.17) is 0 Å². The fourth-order valence-corrected chi connectivity index (χ4v) is 11.5. The lowest BCUT2D eigenvalue weighted by Gasteiger charge is -2.47. The van der Waals surface area contributed by atoms with Crippen LogP contribution in [0.3, 0.4) is 0 Å². The molecule has 0 amide bonds. The van der Waals surface area contributed by atoms with Gasteiger partial charge in [-0.25, -0.2) is 0 Å². The summed E-state index contributed by atoms with van der Waals surface area (Å²) in [6, 6.07) is 0. The highest BCUT2D eigenvalue weighted by atomic mass is 16.1. The van der Waals surface area contributed by atoms with Crippen LogP contribution in [-0.4, -0.2) is 5.78 Å². The molecule has 0 heterocycles. The zero-order valence-electron chi connectivity index (χ0n) is 33.1. The lowest BCUT2D eigenvalue weighted by Crippen LogP contribution is -2.39. The summed E-state index contributed by atoms with van der Waals surface area (Å²) in [5.74, 6) is 2.87. The van der Waals surface area contributed by atoms with Crippen LogP contribution in [0.1, 0.15) is 171 Å². The van der Waals surface area contributed by atoms with E-state index in [9.17, 15) is 4.79 Å². The topological polar surface area (TPSA) is 17.1 Å². The summed E-state index contributed by atoms with van der Waals surface area (Å²) < 4.78 is 0. The molecule has 1 heteroatoms. The maximum Gasteiger partial charge on any atom is 0.161 e. The van der Waals surface area contributed by atoms with Crippen molar-refractivity contribution in [3.63, 3.8) is 0 Å². The normalized spacial score (nSPS) is 29.2. The molecule has 0 aromatic heterocycles. The molecule has 0 N–H and O–H groups in total. The fraction of sp³-hybridized carbons (Fsp3) is 0.833. The van der Waals surface area contributed by atoms with Gasteiger partial charge in [0.2, 0.25) is 0 Å². The van der Waals surface area contributed by atoms with E-state index in [2.05, 4.69) is 138 Å². The van der Waals surface area contributed by atoms with E-state index in [1.54, 1.807) is 16.7 Å². The number of carbonyl (C=O) groups is 1. The van der Waals surface area contributed by atoms with E-state index in [0.29, 0.717) is 27.4 Å². The number of allylic oxidation sites excluding steroid dienone is 6. The third-order valence-corrected chi connectivity index (χ3v) is 10.3. The molecule has 0 saturated carbocycles. The number of hydrogen-bond donors (Lipinski definition) is 0. The molecule has 3 rings (SSSR count). The van der Waals surface area contributed by atoms with Crippen molar-refractivity contribution in [2.75, 3.05) is 0 Å². The molecule has 0 aliphatic heterocycles. The maximum atomic E-state index is 12.0. The van der Waals surface area contributed by atoms with Crippen LogP contribution in [0, 0.1) is 56.2 Å². The number of ketones is 1. The van der Waals surface area contributed by atoms with Crippen molar-refractivity contribution in [3.05, 3.63) is 33.9 Å². The molecule has 4 unspecified atom stereocenters. The Morgan fingerprint density at radius 1 is 0.674 bits per heavy atom. The summed E-state index contributed by atoms with van der Waals surface area (Å²) >= 11 is 0. The van der Waals surface area contributed by atoms with Gasteiger partial charge in [0.05, 0.1) is 0 Å². The number of Topliss-reactive ketones (excluding diaryl/α,β-unsaturated/α-hetero) is 1. The van der Waals surface area contributed by atoms with E-state index >= 15 is 0 Å². The third-order valence-electron chi connectivity index (χ3n) is 10.3. The van der Waals surface area contributed by atoms with Crippen LogP contribution in [0.5, 0.6) is 0 Å². The molecule has 0 bridgehead atoms. The Morgan fingerprint density at radius 2 is 1.12 bits per heavy atom. The predicted molar refractivity (Wildman–Crippen MR) is 193 cm³/mol. The van der Waals surface area contributed by atoms with Crippen molar-refractivity contribution in [2.24, 2.45) is 56.2 Å². The molecule has 3 aliphatic carbocycles. The summed E-state index contributed by atoms with van der Waals surface area (Å²) in [5, 5.41) is 0. The molecule has 3 aliphatic rings. The molecule has 250 valence electrons. The quantitative estimate of drug-likeness (QED) is 0.254. The first-order chi connectivity index (χ1) is 18.9. The third kappa shape index (κ3) is 10.2. The van der Waals surface area contributed by atoms with Gasteiger partial charge in [0, 0.05) is 5.92 Å². The van der Waals surface area contributed by atoms with E-state index in [1.807, 2.05) is 13.8 Å². The second-order valence-electron chi connectivity index (χ2n) is 20.3. The zero-order chi connectivity index (χ0) is 34.3. The van der Waals surface area contributed by atoms with Gasteiger partial charge in [-0.1, -0.05) is 153 Å². The molecule has 43 heavy (non-hydrogen) atoms. The van der Waals surface area contributed by atoms with Crippen LogP contribution in [0.15, 0.2) is 33.9 Å². The van der Waals surface area contributed by atoms with Gasteiger partial charge in [-0.2, -0.15) is 0 Å². The van der Waals surface area contributed by atoms with Crippen LogP contribution < -0.4 is 0 Å². The molecule has 0 spiro atoms. The second-order valence-corrected chi connectivity index (χ2v) is 20.3. The standard InChI is InChI=1S/C14H24O.2C14H26/c1-9-8-14(6,7)12(13(3,4)5)10(2)11(9)15;2*1-10-8-11(2)12(13(3,4)5)14(6,7)9-10/h9H,8H2,1-7H3;10H,8-9H2,1-7H3;8,10,12H,9H2,1-7H3. The molecule has 0 saturated heterocycles. The molecular formula is C42H76O. The van der Waals surface area contributed by atoms with Crippen LogP contribution in [0.25, 0.3) is 0 Å². The Kier molecular flexibility index (Phi) is 12.4. The van der Waals surface area contributed by atoms with Crippen molar-refractivity contribution in [1.29, 1.82) is 0 Å². The molecular weight excluding hydrogens is 520 g/mol. The van der Waals surface area contributed by atoms with Crippen LogP contribution in [-0.2, 0) is 4.79 Å². The van der Waals surface area contributed by atoms with Gasteiger partial charge in [-0.3, -0.25) is 4.79 Å². The van der Waals surface area contributed by atoms with Crippen molar-refractivity contribution in [1.82, 2.24) is 0 Å². The van der Waals surface area contributed by atoms with Gasteiger partial charge in [0.15, 0.2) is 5.78 Å². The van der Waals surface area contributed by atoms with Crippen LogP contribution >= 0.6 is 0 Å². The lowest BCUT2D eigenvalue weighted by molar-refractivity contribution is -0.120. The first-order valence-corrected chi connectivity index (χ1v) is 17.5. The van der Waals surface area contributed by atoms with Crippen molar-refractivity contribution < 1.29 is 4.79 Å². The Labute approximate surface area is 271 Å². The second kappa shape index (κ2) is 13.3. The van der Waals surface area contributed by atoms with Gasteiger partial charge in [-0.15, -0.1) is 0 Å². The molecule has 0 aromatic rings. The first kappa shape index (κ1) is 39.9. The van der Waals surface area contributed by atoms with Gasteiger partial charge >= 0.3 is 0 Å². The minimum atomic E-state index is 0.101. The Bertz CT molecular complexity index is 1080. The van der Waals surface area contributed by atoms with Gasteiger partial charge < -0.3 is 0 Å². The lowest BCUT2D eigenvalue weighted by atomic mass is 9.57. The summed E-state index contributed by atoms with van der Waals surface area (Å²) in [5.41, 5.74) is 9.14. The molecule has 1 nitrogen and oxygen atoms in total. The Morgan fingerprint density at radius 3 is 1.49 bits per heavy atom. The Hall–Kier alpha value is -1.11. The van der Waals surface area contributed by atoms with Crippen molar-refractivity contribution in [3.8, 4) is 0 Å². The minimum absolute atomic E-state index is 0.101. The highest BCUT2D eigenvalue weighted by Crippen LogP contribution is 2.52. The smallest absolute Gasteiger partial charge is 0.161 e. The van der Waals surface area contributed by atoms with Crippen molar-refractivity contribution in [2.45, 2.75) is 171 Å². The highest BCUT2D eigenvalue weighted by Gasteiger charge is 2.43. The molecule has 0 aromatic carbocycles. The summed E-state index contributed by atoms with van der Waals surface area (Å²) in [6.07, 6.45) is 7.43. The Balaban J connectivity index is 0.000000323. The van der Waals surface area contributed by atoms with Gasteiger partial charge in [-0.05, 0) is 102 Å². The minimum Gasteiger partial charge on any atom is -0.294 e. The fourth-order valence-electron chi connectivity index (χ4n) is 11.5. The molecule has 0 radical (unpaired) electrons. The average molecular weight is 597 g/mol. The number of rotatable bonds is 0. The summed E-state index contributed by atoms with van der Waals surface area (Å²) in [4.78, 5) is 12.0. The largest absolute Gasteiger partial charge is 0.294 e. The van der Waals surface area contributed by atoms with Crippen LogP contribution in [0.4, 0.5) is 0 Å². The van der Waals surface area contributed by atoms with Gasteiger partial charge in [0.25, 0.3) is 0 Å². The summed E-state index contributed by atoms with van der Waals surface area (Å²) in [6.45, 7) is 48.4. The molecule has 4 atom stereocenters. The van der Waals surface area contributed by atoms with E-state index < -0.39 is 0 Å². The van der Waals surface area contributed by atoms with Gasteiger partial charge in [0.1, 0.15) is 0 Å².